The first kappa shape index (κ1) is 20.7. The fraction of sp³-hybridized carbons (Fsp3) is 0.450. The van der Waals surface area contributed by atoms with E-state index >= 15 is 0 Å². The molecule has 150 valence electrons. The van der Waals surface area contributed by atoms with E-state index in [0.717, 1.165) is 24.2 Å². The van der Waals surface area contributed by atoms with Crippen molar-refractivity contribution in [1.82, 2.24) is 14.8 Å². The van der Waals surface area contributed by atoms with Crippen molar-refractivity contribution < 1.29 is 9.53 Å². The SMILES string of the molecule is CCCCSc1nc2n(n1)C(c1cccc(Cl)c1)C(C(=O)OC(C)C)=C(C)N2. The highest BCUT2D eigenvalue weighted by Crippen LogP contribution is 2.37. The zero-order valence-electron chi connectivity index (χ0n) is 16.5. The van der Waals surface area contributed by atoms with Crippen molar-refractivity contribution >= 4 is 35.3 Å². The number of halogens is 1. The van der Waals surface area contributed by atoms with Gasteiger partial charge in [-0.1, -0.05) is 48.8 Å². The number of ether oxygens (including phenoxy) is 1. The highest BCUT2D eigenvalue weighted by atomic mass is 35.5. The van der Waals surface area contributed by atoms with Gasteiger partial charge < -0.3 is 10.1 Å². The van der Waals surface area contributed by atoms with Crippen LogP contribution in [0.5, 0.6) is 0 Å². The second kappa shape index (κ2) is 9.01. The Morgan fingerprint density at radius 1 is 1.43 bits per heavy atom. The van der Waals surface area contributed by atoms with Gasteiger partial charge >= 0.3 is 5.97 Å². The highest BCUT2D eigenvalue weighted by molar-refractivity contribution is 7.99. The second-order valence-corrected chi connectivity index (χ2v) is 8.44. The van der Waals surface area contributed by atoms with Gasteiger partial charge in [-0.05, 0) is 44.9 Å². The Bertz CT molecular complexity index is 894. The molecule has 0 fully saturated rings. The van der Waals surface area contributed by atoms with Crippen LogP contribution >= 0.6 is 23.4 Å². The van der Waals surface area contributed by atoms with Gasteiger partial charge in [0.15, 0.2) is 0 Å². The minimum absolute atomic E-state index is 0.217. The van der Waals surface area contributed by atoms with Crippen molar-refractivity contribution in [3.8, 4) is 0 Å². The van der Waals surface area contributed by atoms with Crippen LogP contribution in [0.25, 0.3) is 0 Å². The number of nitrogens with zero attached hydrogens (tertiary/aromatic N) is 3. The number of fused-ring (bicyclic) bond motifs is 1. The maximum Gasteiger partial charge on any atom is 0.338 e. The fourth-order valence-corrected chi connectivity index (χ4v) is 4.14. The van der Waals surface area contributed by atoms with Gasteiger partial charge in [-0.2, -0.15) is 4.98 Å². The third kappa shape index (κ3) is 4.52. The summed E-state index contributed by atoms with van der Waals surface area (Å²) in [4.78, 5) is 17.5. The smallest absolute Gasteiger partial charge is 0.338 e. The van der Waals surface area contributed by atoms with Crippen molar-refractivity contribution in [2.24, 2.45) is 0 Å². The first-order chi connectivity index (χ1) is 13.4. The first-order valence-corrected chi connectivity index (χ1v) is 10.8. The van der Waals surface area contributed by atoms with Crippen molar-refractivity contribution in [3.05, 3.63) is 46.1 Å². The Morgan fingerprint density at radius 3 is 2.89 bits per heavy atom. The molecule has 1 aromatic heterocycles. The Labute approximate surface area is 174 Å². The number of thioether (sulfide) groups is 1. The summed E-state index contributed by atoms with van der Waals surface area (Å²) in [6.07, 6.45) is 2.00. The van der Waals surface area contributed by atoms with Crippen molar-refractivity contribution in [2.45, 2.75) is 57.8 Å². The number of benzene rings is 1. The normalized spacial score (nSPS) is 16.1. The summed E-state index contributed by atoms with van der Waals surface area (Å²) in [6.45, 7) is 7.68. The van der Waals surface area contributed by atoms with Gasteiger partial charge in [0.2, 0.25) is 11.1 Å². The summed E-state index contributed by atoms with van der Waals surface area (Å²) in [5.74, 6) is 1.20. The van der Waals surface area contributed by atoms with Gasteiger partial charge in [-0.3, -0.25) is 0 Å². The molecule has 0 bridgehead atoms. The number of esters is 1. The molecule has 1 aliphatic rings. The molecule has 6 nitrogen and oxygen atoms in total. The third-order valence-corrected chi connectivity index (χ3v) is 5.45. The molecule has 1 unspecified atom stereocenters. The fourth-order valence-electron chi connectivity index (χ4n) is 3.03. The van der Waals surface area contributed by atoms with Crippen LogP contribution in [0, 0.1) is 0 Å². The van der Waals surface area contributed by atoms with E-state index in [-0.39, 0.29) is 12.1 Å². The minimum Gasteiger partial charge on any atom is -0.459 e. The monoisotopic (exact) mass is 420 g/mol. The number of unbranched alkanes of at least 4 members (excludes halogenated alkanes) is 1. The summed E-state index contributed by atoms with van der Waals surface area (Å²) >= 11 is 7.85. The molecule has 0 spiro atoms. The van der Waals surface area contributed by atoms with E-state index in [1.807, 2.05) is 45.0 Å². The van der Waals surface area contributed by atoms with Gasteiger partial charge in [0.25, 0.3) is 0 Å². The maximum atomic E-state index is 12.9. The van der Waals surface area contributed by atoms with Crippen LogP contribution < -0.4 is 5.32 Å². The molecule has 3 rings (SSSR count). The molecule has 0 radical (unpaired) electrons. The molecule has 0 amide bonds. The van der Waals surface area contributed by atoms with E-state index in [2.05, 4.69) is 22.3 Å². The molecule has 1 atom stereocenters. The second-order valence-electron chi connectivity index (χ2n) is 6.94. The summed E-state index contributed by atoms with van der Waals surface area (Å²) in [5, 5.41) is 9.18. The van der Waals surface area contributed by atoms with Crippen molar-refractivity contribution in [2.75, 3.05) is 11.1 Å². The predicted molar refractivity (Wildman–Crippen MR) is 113 cm³/mol. The van der Waals surface area contributed by atoms with Crippen LogP contribution in [0.3, 0.4) is 0 Å². The topological polar surface area (TPSA) is 69.0 Å². The minimum atomic E-state index is -0.450. The lowest BCUT2D eigenvalue weighted by molar-refractivity contribution is -0.143. The number of carbonyl (C=O) groups excluding carboxylic acids is 1. The largest absolute Gasteiger partial charge is 0.459 e. The molecular weight excluding hydrogens is 396 g/mol. The summed E-state index contributed by atoms with van der Waals surface area (Å²) < 4.78 is 7.26. The molecule has 0 aliphatic carbocycles. The maximum absolute atomic E-state index is 12.9. The highest BCUT2D eigenvalue weighted by Gasteiger charge is 2.35. The molecule has 0 saturated heterocycles. The number of anilines is 1. The van der Waals surface area contributed by atoms with E-state index < -0.39 is 6.04 Å². The van der Waals surface area contributed by atoms with Crippen LogP contribution in [0.2, 0.25) is 5.02 Å². The Kier molecular flexibility index (Phi) is 6.67. The predicted octanol–water partition coefficient (Wildman–Crippen LogP) is 5.06. The van der Waals surface area contributed by atoms with Crippen LogP contribution in [-0.2, 0) is 9.53 Å². The summed E-state index contributed by atoms with van der Waals surface area (Å²) in [5.41, 5.74) is 2.08. The number of carbonyl (C=O) groups is 1. The van der Waals surface area contributed by atoms with Crippen LogP contribution in [0.15, 0.2) is 40.7 Å². The number of hydrogen-bond acceptors (Lipinski definition) is 6. The number of hydrogen-bond donors (Lipinski definition) is 1. The standard InChI is InChI=1S/C20H25ClN4O2S/c1-5-6-10-28-20-23-19-22-13(4)16(18(26)27-12(2)3)17(25(19)24-20)14-8-7-9-15(21)11-14/h7-9,11-12,17H,5-6,10H2,1-4H3,(H,22,23,24). The molecule has 8 heteroatoms. The molecule has 0 saturated carbocycles. The van der Waals surface area contributed by atoms with Crippen LogP contribution in [0.4, 0.5) is 5.95 Å². The van der Waals surface area contributed by atoms with E-state index in [1.165, 1.54) is 0 Å². The molecule has 2 heterocycles. The summed E-state index contributed by atoms with van der Waals surface area (Å²) in [7, 11) is 0. The van der Waals surface area contributed by atoms with Gasteiger partial charge in [0.05, 0.1) is 11.7 Å². The lowest BCUT2D eigenvalue weighted by Crippen LogP contribution is -2.30. The Balaban J connectivity index is 2.04. The lowest BCUT2D eigenvalue weighted by atomic mass is 9.96. The van der Waals surface area contributed by atoms with E-state index in [9.17, 15) is 4.79 Å². The van der Waals surface area contributed by atoms with E-state index in [0.29, 0.717) is 27.4 Å². The zero-order valence-corrected chi connectivity index (χ0v) is 18.1. The van der Waals surface area contributed by atoms with Crippen LogP contribution in [0.1, 0.15) is 52.1 Å². The van der Waals surface area contributed by atoms with Gasteiger partial charge in [-0.25, -0.2) is 9.48 Å². The molecule has 1 aromatic carbocycles. The molecule has 1 N–H and O–H groups in total. The number of nitrogens with one attached hydrogen (secondary N) is 1. The first-order valence-electron chi connectivity index (χ1n) is 9.44. The third-order valence-electron chi connectivity index (χ3n) is 4.29. The Morgan fingerprint density at radius 2 is 2.21 bits per heavy atom. The van der Waals surface area contributed by atoms with E-state index in [1.54, 1.807) is 16.4 Å². The number of aromatic nitrogens is 3. The van der Waals surface area contributed by atoms with Gasteiger partial charge in [-0.15, -0.1) is 5.10 Å². The molecular formula is C20H25ClN4O2S. The number of rotatable bonds is 7. The van der Waals surface area contributed by atoms with Crippen molar-refractivity contribution in [3.63, 3.8) is 0 Å². The van der Waals surface area contributed by atoms with Gasteiger partial charge in [0, 0.05) is 16.5 Å². The van der Waals surface area contributed by atoms with Crippen molar-refractivity contribution in [1.29, 1.82) is 0 Å². The molecule has 1 aliphatic heterocycles. The number of allylic oxidation sites excluding steroid dienone is 1. The van der Waals surface area contributed by atoms with Crippen LogP contribution in [-0.4, -0.2) is 32.6 Å². The van der Waals surface area contributed by atoms with E-state index in [4.69, 9.17) is 16.3 Å². The Hall–Kier alpha value is -1.99. The van der Waals surface area contributed by atoms with Gasteiger partial charge in [0.1, 0.15) is 6.04 Å². The molecule has 28 heavy (non-hydrogen) atoms. The molecule has 2 aromatic rings. The summed E-state index contributed by atoms with van der Waals surface area (Å²) in [6, 6.07) is 7.02. The zero-order chi connectivity index (χ0) is 20.3. The average Bonchev–Trinajstić information content (AvgIpc) is 3.02. The average molecular weight is 421 g/mol. The quantitative estimate of drug-likeness (QED) is 0.383. The lowest BCUT2D eigenvalue weighted by Gasteiger charge is -2.28.